The van der Waals surface area contributed by atoms with Crippen LogP contribution in [0, 0.1) is 0 Å². The van der Waals surface area contributed by atoms with E-state index in [0.29, 0.717) is 0 Å². The number of hydrogen-bond donors (Lipinski definition) is 2. The van der Waals surface area contributed by atoms with Crippen LogP contribution in [-0.4, -0.2) is 44.2 Å². The first-order valence-corrected chi connectivity index (χ1v) is 7.88. The second-order valence-electron chi connectivity index (χ2n) is 5.46. The quantitative estimate of drug-likeness (QED) is 0.859. The van der Waals surface area contributed by atoms with Gasteiger partial charge in [-0.25, -0.2) is 0 Å². The van der Waals surface area contributed by atoms with E-state index in [2.05, 4.69) is 27.7 Å². The van der Waals surface area contributed by atoms with Crippen molar-refractivity contribution in [2.24, 2.45) is 0 Å². The van der Waals surface area contributed by atoms with Crippen molar-refractivity contribution in [2.45, 2.75) is 0 Å². The molecule has 1 aliphatic heterocycles. The van der Waals surface area contributed by atoms with Crippen molar-refractivity contribution in [2.75, 3.05) is 44.6 Å². The molecule has 0 bridgehead atoms. The molecule has 0 spiro atoms. The summed E-state index contributed by atoms with van der Waals surface area (Å²) in [6, 6.07) is 18.3. The zero-order chi connectivity index (χ0) is 15.0. The molecule has 0 unspecified atom stereocenters. The van der Waals surface area contributed by atoms with Gasteiger partial charge in [0.25, 0.3) is 0 Å². The summed E-state index contributed by atoms with van der Waals surface area (Å²) in [5.74, 6) is 0.925. The first kappa shape index (κ1) is 14.9. The lowest BCUT2D eigenvalue weighted by molar-refractivity contribution is 0.191. The molecule has 0 saturated carbocycles. The van der Waals surface area contributed by atoms with Crippen molar-refractivity contribution in [3.05, 3.63) is 54.6 Å². The lowest BCUT2D eigenvalue weighted by atomic mass is 10.2. The molecule has 0 amide bonds. The van der Waals surface area contributed by atoms with E-state index in [1.165, 1.54) is 0 Å². The van der Waals surface area contributed by atoms with E-state index in [0.717, 1.165) is 56.5 Å². The number of benzene rings is 2. The van der Waals surface area contributed by atoms with E-state index in [-0.39, 0.29) is 0 Å². The minimum absolute atomic E-state index is 0.742. The molecule has 1 fully saturated rings. The van der Waals surface area contributed by atoms with E-state index in [9.17, 15) is 0 Å². The Balaban J connectivity index is 1.45. The van der Waals surface area contributed by atoms with Gasteiger partial charge in [-0.15, -0.1) is 0 Å². The third kappa shape index (κ3) is 4.48. The maximum absolute atomic E-state index is 5.82. The first-order valence-electron chi connectivity index (χ1n) is 7.88. The SMILES string of the molecule is c1ccc(Nc2ccc(OCCN3CCNCC3)cc2)cc1. The maximum Gasteiger partial charge on any atom is 0.119 e. The number of para-hydroxylation sites is 1. The minimum Gasteiger partial charge on any atom is -0.492 e. The van der Waals surface area contributed by atoms with Crippen molar-refractivity contribution < 1.29 is 4.74 Å². The number of anilines is 2. The molecule has 4 nitrogen and oxygen atoms in total. The molecular weight excluding hydrogens is 274 g/mol. The van der Waals surface area contributed by atoms with Crippen molar-refractivity contribution in [1.29, 1.82) is 0 Å². The Labute approximate surface area is 132 Å². The third-order valence-corrected chi connectivity index (χ3v) is 3.80. The van der Waals surface area contributed by atoms with E-state index in [4.69, 9.17) is 4.74 Å². The molecule has 0 aliphatic carbocycles. The molecule has 0 atom stereocenters. The number of rotatable bonds is 6. The van der Waals surface area contributed by atoms with Crippen molar-refractivity contribution >= 4 is 11.4 Å². The highest BCUT2D eigenvalue weighted by Crippen LogP contribution is 2.19. The van der Waals surface area contributed by atoms with E-state index < -0.39 is 0 Å². The van der Waals surface area contributed by atoms with Crippen molar-refractivity contribution in [3.63, 3.8) is 0 Å². The van der Waals surface area contributed by atoms with Crippen LogP contribution in [0.5, 0.6) is 5.75 Å². The molecule has 0 aromatic heterocycles. The van der Waals surface area contributed by atoms with Crippen LogP contribution in [0.2, 0.25) is 0 Å². The number of ether oxygens (including phenoxy) is 1. The highest BCUT2D eigenvalue weighted by Gasteiger charge is 2.08. The Morgan fingerprint density at radius 2 is 1.59 bits per heavy atom. The molecular formula is C18H23N3O. The van der Waals surface area contributed by atoms with Crippen LogP contribution in [0.3, 0.4) is 0 Å². The standard InChI is InChI=1S/C18H23N3O/c1-2-4-16(5-3-1)20-17-6-8-18(9-7-17)22-15-14-21-12-10-19-11-13-21/h1-9,19-20H,10-15H2. The topological polar surface area (TPSA) is 36.5 Å². The van der Waals surface area contributed by atoms with Gasteiger partial charge >= 0.3 is 0 Å². The number of hydrogen-bond acceptors (Lipinski definition) is 4. The van der Waals surface area contributed by atoms with Gasteiger partial charge in [-0.2, -0.15) is 0 Å². The first-order chi connectivity index (χ1) is 10.9. The van der Waals surface area contributed by atoms with Crippen molar-refractivity contribution in [1.82, 2.24) is 10.2 Å². The van der Waals surface area contributed by atoms with Gasteiger partial charge in [-0.05, 0) is 36.4 Å². The summed E-state index contributed by atoms with van der Waals surface area (Å²) in [5.41, 5.74) is 2.16. The normalized spacial score (nSPS) is 15.5. The Hall–Kier alpha value is -2.04. The fourth-order valence-electron chi connectivity index (χ4n) is 2.55. The monoisotopic (exact) mass is 297 g/mol. The molecule has 4 heteroatoms. The summed E-state index contributed by atoms with van der Waals surface area (Å²) in [5, 5.41) is 6.73. The fourth-order valence-corrected chi connectivity index (χ4v) is 2.55. The predicted octanol–water partition coefficient (Wildman–Crippen LogP) is 2.71. The van der Waals surface area contributed by atoms with E-state index >= 15 is 0 Å². The Kier molecular flexibility index (Phi) is 5.29. The summed E-state index contributed by atoms with van der Waals surface area (Å²) in [4.78, 5) is 2.43. The van der Waals surface area contributed by atoms with Crippen LogP contribution >= 0.6 is 0 Å². The molecule has 1 saturated heterocycles. The number of piperazine rings is 1. The van der Waals surface area contributed by atoms with Crippen LogP contribution in [0.4, 0.5) is 11.4 Å². The highest BCUT2D eigenvalue weighted by atomic mass is 16.5. The summed E-state index contributed by atoms with van der Waals surface area (Å²) in [6.07, 6.45) is 0. The summed E-state index contributed by atoms with van der Waals surface area (Å²) in [7, 11) is 0. The fraction of sp³-hybridized carbons (Fsp3) is 0.333. The lowest BCUT2D eigenvalue weighted by Crippen LogP contribution is -2.44. The molecule has 116 valence electrons. The highest BCUT2D eigenvalue weighted by molar-refractivity contribution is 5.59. The van der Waals surface area contributed by atoms with Gasteiger partial charge in [0.1, 0.15) is 12.4 Å². The van der Waals surface area contributed by atoms with Gasteiger partial charge in [0.2, 0.25) is 0 Å². The van der Waals surface area contributed by atoms with Crippen LogP contribution in [0.1, 0.15) is 0 Å². The third-order valence-electron chi connectivity index (χ3n) is 3.80. The van der Waals surface area contributed by atoms with Crippen LogP contribution in [0.15, 0.2) is 54.6 Å². The Bertz CT molecular complexity index is 550. The average molecular weight is 297 g/mol. The maximum atomic E-state index is 5.82. The number of nitrogens with zero attached hydrogens (tertiary/aromatic N) is 1. The summed E-state index contributed by atoms with van der Waals surface area (Å²) in [6.45, 7) is 6.13. The smallest absolute Gasteiger partial charge is 0.119 e. The van der Waals surface area contributed by atoms with E-state index in [1.807, 2.05) is 42.5 Å². The van der Waals surface area contributed by atoms with Gasteiger partial charge in [-0.3, -0.25) is 4.90 Å². The molecule has 2 aromatic rings. The second-order valence-corrected chi connectivity index (χ2v) is 5.46. The zero-order valence-electron chi connectivity index (χ0n) is 12.8. The summed E-state index contributed by atoms with van der Waals surface area (Å²) < 4.78 is 5.82. The predicted molar refractivity (Wildman–Crippen MR) is 91.0 cm³/mol. The molecule has 2 aromatic carbocycles. The lowest BCUT2D eigenvalue weighted by Gasteiger charge is -2.26. The van der Waals surface area contributed by atoms with Gasteiger partial charge in [0.15, 0.2) is 0 Å². The van der Waals surface area contributed by atoms with E-state index in [1.54, 1.807) is 0 Å². The molecule has 1 aliphatic rings. The Morgan fingerprint density at radius 1 is 0.909 bits per heavy atom. The van der Waals surface area contributed by atoms with Gasteiger partial charge in [0, 0.05) is 44.1 Å². The van der Waals surface area contributed by atoms with Crippen LogP contribution < -0.4 is 15.4 Å². The largest absolute Gasteiger partial charge is 0.492 e. The number of nitrogens with one attached hydrogen (secondary N) is 2. The Morgan fingerprint density at radius 3 is 2.32 bits per heavy atom. The summed E-state index contributed by atoms with van der Waals surface area (Å²) >= 11 is 0. The average Bonchev–Trinajstić information content (AvgIpc) is 2.58. The minimum atomic E-state index is 0.742. The van der Waals surface area contributed by atoms with Crippen LogP contribution in [-0.2, 0) is 0 Å². The van der Waals surface area contributed by atoms with Gasteiger partial charge in [0.05, 0.1) is 0 Å². The van der Waals surface area contributed by atoms with Gasteiger partial charge in [-0.1, -0.05) is 18.2 Å². The second kappa shape index (κ2) is 7.82. The molecule has 22 heavy (non-hydrogen) atoms. The molecule has 1 heterocycles. The van der Waals surface area contributed by atoms with Gasteiger partial charge < -0.3 is 15.4 Å². The van der Waals surface area contributed by atoms with Crippen molar-refractivity contribution in [3.8, 4) is 5.75 Å². The zero-order valence-corrected chi connectivity index (χ0v) is 12.8. The van der Waals surface area contributed by atoms with Crippen LogP contribution in [0.25, 0.3) is 0 Å². The molecule has 2 N–H and O–H groups in total. The molecule has 0 radical (unpaired) electrons. The molecule has 3 rings (SSSR count).